The Labute approximate surface area is 109 Å². The highest BCUT2D eigenvalue weighted by Gasteiger charge is 2.51. The first-order chi connectivity index (χ1) is 8.67. The number of methoxy groups -OCH3 is 1. The molecular formula is C15H24O3. The average molecular weight is 252 g/mol. The van der Waals surface area contributed by atoms with Crippen LogP contribution in [0.5, 0.6) is 0 Å². The third-order valence-electron chi connectivity index (χ3n) is 5.22. The molecule has 4 fully saturated rings. The van der Waals surface area contributed by atoms with E-state index < -0.39 is 0 Å². The van der Waals surface area contributed by atoms with Crippen LogP contribution < -0.4 is 0 Å². The van der Waals surface area contributed by atoms with E-state index in [9.17, 15) is 4.79 Å². The SMILES string of the molecule is COCC(C)OC(=O)C1C2CC3CC(C2)CC1C3. The Morgan fingerprint density at radius 2 is 1.67 bits per heavy atom. The molecule has 0 amide bonds. The molecule has 0 N–H and O–H groups in total. The summed E-state index contributed by atoms with van der Waals surface area (Å²) in [5.41, 5.74) is 0. The number of esters is 1. The van der Waals surface area contributed by atoms with Gasteiger partial charge in [-0.25, -0.2) is 0 Å². The maximum Gasteiger partial charge on any atom is 0.309 e. The summed E-state index contributed by atoms with van der Waals surface area (Å²) >= 11 is 0. The van der Waals surface area contributed by atoms with Crippen molar-refractivity contribution in [3.8, 4) is 0 Å². The number of hydrogen-bond acceptors (Lipinski definition) is 3. The van der Waals surface area contributed by atoms with Crippen molar-refractivity contribution in [3.63, 3.8) is 0 Å². The molecule has 0 aromatic rings. The van der Waals surface area contributed by atoms with Crippen molar-refractivity contribution in [2.75, 3.05) is 13.7 Å². The van der Waals surface area contributed by atoms with Gasteiger partial charge in [-0.3, -0.25) is 4.79 Å². The van der Waals surface area contributed by atoms with Crippen molar-refractivity contribution >= 4 is 5.97 Å². The van der Waals surface area contributed by atoms with Crippen LogP contribution in [0, 0.1) is 29.6 Å². The summed E-state index contributed by atoms with van der Waals surface area (Å²) in [5.74, 6) is 3.29. The van der Waals surface area contributed by atoms with Crippen LogP contribution in [0.1, 0.15) is 39.0 Å². The van der Waals surface area contributed by atoms with Crippen molar-refractivity contribution in [2.45, 2.75) is 45.1 Å². The molecule has 4 saturated carbocycles. The molecule has 4 bridgehead atoms. The molecule has 0 aromatic heterocycles. The molecule has 0 heterocycles. The first-order valence-corrected chi connectivity index (χ1v) is 7.36. The maximum atomic E-state index is 12.3. The Hall–Kier alpha value is -0.570. The van der Waals surface area contributed by atoms with Crippen LogP contribution in [0.25, 0.3) is 0 Å². The predicted octanol–water partition coefficient (Wildman–Crippen LogP) is 2.64. The van der Waals surface area contributed by atoms with Gasteiger partial charge in [-0.2, -0.15) is 0 Å². The summed E-state index contributed by atoms with van der Waals surface area (Å²) in [5, 5.41) is 0. The highest BCUT2D eigenvalue weighted by molar-refractivity contribution is 5.73. The first kappa shape index (κ1) is 12.5. The molecule has 1 atom stereocenters. The quantitative estimate of drug-likeness (QED) is 0.722. The monoisotopic (exact) mass is 252 g/mol. The number of rotatable bonds is 4. The van der Waals surface area contributed by atoms with Crippen LogP contribution in [-0.4, -0.2) is 25.8 Å². The van der Waals surface area contributed by atoms with Crippen LogP contribution in [0.2, 0.25) is 0 Å². The van der Waals surface area contributed by atoms with Gasteiger partial charge in [0.1, 0.15) is 6.10 Å². The van der Waals surface area contributed by atoms with Gasteiger partial charge in [-0.1, -0.05) is 0 Å². The second kappa shape index (κ2) is 4.84. The molecule has 0 aromatic carbocycles. The molecule has 3 nitrogen and oxygen atoms in total. The topological polar surface area (TPSA) is 35.5 Å². The van der Waals surface area contributed by atoms with Gasteiger partial charge >= 0.3 is 5.97 Å². The lowest BCUT2D eigenvalue weighted by Gasteiger charge is -2.53. The minimum atomic E-state index is -0.111. The molecule has 0 saturated heterocycles. The molecule has 0 spiro atoms. The van der Waals surface area contributed by atoms with Crippen molar-refractivity contribution in [1.82, 2.24) is 0 Å². The number of hydrogen-bond donors (Lipinski definition) is 0. The first-order valence-electron chi connectivity index (χ1n) is 7.36. The van der Waals surface area contributed by atoms with Crippen LogP contribution in [0.3, 0.4) is 0 Å². The summed E-state index contributed by atoms with van der Waals surface area (Å²) < 4.78 is 10.6. The lowest BCUT2D eigenvalue weighted by atomic mass is 9.52. The van der Waals surface area contributed by atoms with E-state index in [1.165, 1.54) is 32.1 Å². The molecule has 4 rings (SSSR count). The van der Waals surface area contributed by atoms with Crippen molar-refractivity contribution < 1.29 is 14.3 Å². The van der Waals surface area contributed by atoms with Crippen molar-refractivity contribution in [3.05, 3.63) is 0 Å². The molecule has 3 heteroatoms. The lowest BCUT2D eigenvalue weighted by molar-refractivity contribution is -0.169. The zero-order chi connectivity index (χ0) is 12.7. The van der Waals surface area contributed by atoms with Gasteiger partial charge in [-0.15, -0.1) is 0 Å². The van der Waals surface area contributed by atoms with Crippen molar-refractivity contribution in [2.24, 2.45) is 29.6 Å². The minimum Gasteiger partial charge on any atom is -0.460 e. The van der Waals surface area contributed by atoms with E-state index in [2.05, 4.69) is 0 Å². The van der Waals surface area contributed by atoms with Crippen LogP contribution in [-0.2, 0) is 14.3 Å². The Morgan fingerprint density at radius 3 is 2.17 bits per heavy atom. The predicted molar refractivity (Wildman–Crippen MR) is 68.0 cm³/mol. The molecular weight excluding hydrogens is 228 g/mol. The summed E-state index contributed by atoms with van der Waals surface area (Å²) in [6.07, 6.45) is 6.39. The highest BCUT2D eigenvalue weighted by Crippen LogP contribution is 2.56. The fourth-order valence-electron chi connectivity index (χ4n) is 4.86. The Kier molecular flexibility index (Phi) is 3.35. The number of carbonyl (C=O) groups is 1. The van der Waals surface area contributed by atoms with Gasteiger partial charge in [0.25, 0.3) is 0 Å². The molecule has 102 valence electrons. The number of ether oxygens (including phenoxy) is 2. The number of carbonyl (C=O) groups excluding carboxylic acids is 1. The maximum absolute atomic E-state index is 12.3. The molecule has 1 unspecified atom stereocenters. The van der Waals surface area contributed by atoms with Gasteiger partial charge in [0, 0.05) is 7.11 Å². The summed E-state index contributed by atoms with van der Waals surface area (Å²) in [7, 11) is 1.65. The summed E-state index contributed by atoms with van der Waals surface area (Å²) in [4.78, 5) is 12.3. The second-order valence-electron chi connectivity index (χ2n) is 6.66. The van der Waals surface area contributed by atoms with E-state index >= 15 is 0 Å². The van der Waals surface area contributed by atoms with Crippen LogP contribution in [0.4, 0.5) is 0 Å². The zero-order valence-electron chi connectivity index (χ0n) is 11.4. The second-order valence-corrected chi connectivity index (χ2v) is 6.66. The highest BCUT2D eigenvalue weighted by atomic mass is 16.6. The lowest BCUT2D eigenvalue weighted by Crippen LogP contribution is -2.49. The zero-order valence-corrected chi connectivity index (χ0v) is 11.4. The van der Waals surface area contributed by atoms with Gasteiger partial charge in [0.05, 0.1) is 12.5 Å². The molecule has 4 aliphatic rings. The molecule has 0 radical (unpaired) electrons. The third kappa shape index (κ3) is 2.18. The van der Waals surface area contributed by atoms with E-state index in [1.54, 1.807) is 7.11 Å². The normalized spacial score (nSPS) is 42.9. The Morgan fingerprint density at radius 1 is 1.11 bits per heavy atom. The Balaban J connectivity index is 1.64. The van der Waals surface area contributed by atoms with Crippen LogP contribution in [0.15, 0.2) is 0 Å². The fourth-order valence-corrected chi connectivity index (χ4v) is 4.86. The van der Waals surface area contributed by atoms with E-state index in [1.807, 2.05) is 6.92 Å². The standard InChI is InChI=1S/C15H24O3/c1-9(8-17-2)18-15(16)14-12-4-10-3-11(6-12)7-13(14)5-10/h9-14H,3-8H2,1-2H3. The fraction of sp³-hybridized carbons (Fsp3) is 0.933. The third-order valence-corrected chi connectivity index (χ3v) is 5.22. The summed E-state index contributed by atoms with van der Waals surface area (Å²) in [6, 6.07) is 0. The summed E-state index contributed by atoms with van der Waals surface area (Å²) in [6.45, 7) is 2.41. The molecule has 18 heavy (non-hydrogen) atoms. The van der Waals surface area contributed by atoms with E-state index in [0.717, 1.165) is 11.8 Å². The smallest absolute Gasteiger partial charge is 0.309 e. The Bertz CT molecular complexity index is 298. The van der Waals surface area contributed by atoms with Crippen LogP contribution >= 0.6 is 0 Å². The van der Waals surface area contributed by atoms with E-state index in [-0.39, 0.29) is 18.0 Å². The van der Waals surface area contributed by atoms with Gasteiger partial charge in [0.15, 0.2) is 0 Å². The largest absolute Gasteiger partial charge is 0.460 e. The van der Waals surface area contributed by atoms with Gasteiger partial charge < -0.3 is 9.47 Å². The molecule has 0 aliphatic heterocycles. The van der Waals surface area contributed by atoms with E-state index in [4.69, 9.17) is 9.47 Å². The average Bonchev–Trinajstić information content (AvgIpc) is 2.27. The van der Waals surface area contributed by atoms with Crippen molar-refractivity contribution in [1.29, 1.82) is 0 Å². The molecule has 4 aliphatic carbocycles. The minimum absolute atomic E-state index is 0.0494. The van der Waals surface area contributed by atoms with E-state index in [0.29, 0.717) is 18.4 Å². The van der Waals surface area contributed by atoms with Gasteiger partial charge in [-0.05, 0) is 62.7 Å². The van der Waals surface area contributed by atoms with Gasteiger partial charge in [0.2, 0.25) is 0 Å².